The average Bonchev–Trinajstić information content (AvgIpc) is 3.25. The third-order valence-corrected chi connectivity index (χ3v) is 11.7. The third-order valence-electron chi connectivity index (χ3n) is 11.7. The summed E-state index contributed by atoms with van der Waals surface area (Å²) in [5.74, 6) is 2.86. The first kappa shape index (κ1) is 20.2. The summed E-state index contributed by atoms with van der Waals surface area (Å²) >= 11 is 0. The Kier molecular flexibility index (Phi) is 4.36. The lowest BCUT2D eigenvalue weighted by Gasteiger charge is -2.59. The number of hydrogen-bond donors (Lipinski definition) is 1. The molecular weight excluding hydrogens is 390 g/mol. The second-order valence-corrected chi connectivity index (χ2v) is 12.7. The van der Waals surface area contributed by atoms with Gasteiger partial charge in [0.2, 0.25) is 0 Å². The SMILES string of the molecule is C[C@]12CC3OC3CC1CC[C@@H]1[C@H]2CC[C@]2(C)C(O)C(N3CCC4(CC3)OCCO4)C[C@@H]12. The Morgan fingerprint density at radius 1 is 0.839 bits per heavy atom. The van der Waals surface area contributed by atoms with E-state index >= 15 is 0 Å². The molecule has 4 saturated carbocycles. The predicted molar refractivity (Wildman–Crippen MR) is 116 cm³/mol. The van der Waals surface area contributed by atoms with Crippen molar-refractivity contribution in [3.63, 3.8) is 0 Å². The third kappa shape index (κ3) is 2.79. The van der Waals surface area contributed by atoms with Gasteiger partial charge in [-0.1, -0.05) is 13.8 Å². The largest absolute Gasteiger partial charge is 0.391 e. The quantitative estimate of drug-likeness (QED) is 0.643. The number of fused-ring (bicyclic) bond motifs is 6. The van der Waals surface area contributed by atoms with Crippen LogP contribution in [-0.4, -0.2) is 66.5 Å². The van der Waals surface area contributed by atoms with Crippen LogP contribution < -0.4 is 0 Å². The summed E-state index contributed by atoms with van der Waals surface area (Å²) in [5.41, 5.74) is 0.567. The number of piperidine rings is 1. The maximum atomic E-state index is 11.7. The van der Waals surface area contributed by atoms with Crippen molar-refractivity contribution in [2.24, 2.45) is 34.5 Å². The molecule has 3 aliphatic heterocycles. The number of hydrogen-bond acceptors (Lipinski definition) is 5. The smallest absolute Gasteiger partial charge is 0.170 e. The van der Waals surface area contributed by atoms with Crippen molar-refractivity contribution in [2.75, 3.05) is 26.3 Å². The van der Waals surface area contributed by atoms with E-state index in [1.54, 1.807) is 0 Å². The molecule has 7 aliphatic rings. The van der Waals surface area contributed by atoms with Gasteiger partial charge in [-0.2, -0.15) is 0 Å². The van der Waals surface area contributed by atoms with E-state index < -0.39 is 0 Å². The molecule has 3 heterocycles. The van der Waals surface area contributed by atoms with Gasteiger partial charge in [-0.25, -0.2) is 0 Å². The molecule has 1 spiro atoms. The predicted octanol–water partition coefficient (Wildman–Crippen LogP) is 3.58. The van der Waals surface area contributed by atoms with Crippen LogP contribution in [0.1, 0.15) is 71.6 Å². The van der Waals surface area contributed by atoms with Crippen LogP contribution in [0.2, 0.25) is 0 Å². The second kappa shape index (κ2) is 6.69. The van der Waals surface area contributed by atoms with E-state index in [4.69, 9.17) is 14.2 Å². The number of nitrogens with zero attached hydrogens (tertiary/aromatic N) is 1. The van der Waals surface area contributed by atoms with Crippen molar-refractivity contribution in [3.05, 3.63) is 0 Å². The summed E-state index contributed by atoms with van der Waals surface area (Å²) < 4.78 is 17.9. The van der Waals surface area contributed by atoms with E-state index in [2.05, 4.69) is 18.7 Å². The van der Waals surface area contributed by atoms with Crippen molar-refractivity contribution in [2.45, 2.75) is 102 Å². The zero-order valence-corrected chi connectivity index (χ0v) is 19.4. The Hall–Kier alpha value is -0.200. The van der Waals surface area contributed by atoms with Gasteiger partial charge in [-0.05, 0) is 79.4 Å². The fourth-order valence-electron chi connectivity index (χ4n) is 9.84. The highest BCUT2D eigenvalue weighted by Gasteiger charge is 2.65. The van der Waals surface area contributed by atoms with Crippen LogP contribution in [0.4, 0.5) is 0 Å². The van der Waals surface area contributed by atoms with Gasteiger partial charge in [0.25, 0.3) is 0 Å². The molecule has 0 radical (unpaired) electrons. The highest BCUT2D eigenvalue weighted by Crippen LogP contribution is 2.68. The highest BCUT2D eigenvalue weighted by molar-refractivity contribution is 5.15. The summed E-state index contributed by atoms with van der Waals surface area (Å²) in [6.45, 7) is 8.52. The molecule has 3 saturated heterocycles. The zero-order valence-electron chi connectivity index (χ0n) is 19.4. The Balaban J connectivity index is 1.11. The number of aliphatic hydroxyl groups is 1. The van der Waals surface area contributed by atoms with Gasteiger partial charge < -0.3 is 19.3 Å². The Morgan fingerprint density at radius 2 is 1.61 bits per heavy atom. The Bertz CT molecular complexity index is 729. The normalized spacial score (nSPS) is 57.8. The van der Waals surface area contributed by atoms with Crippen LogP contribution in [0.15, 0.2) is 0 Å². The summed E-state index contributed by atoms with van der Waals surface area (Å²) in [6.07, 6.45) is 12.0. The lowest BCUT2D eigenvalue weighted by Crippen LogP contribution is -2.55. The van der Waals surface area contributed by atoms with Crippen LogP contribution in [0, 0.1) is 34.5 Å². The lowest BCUT2D eigenvalue weighted by molar-refractivity contribution is -0.190. The summed E-state index contributed by atoms with van der Waals surface area (Å²) in [4.78, 5) is 2.59. The first-order valence-electron chi connectivity index (χ1n) is 13.3. The molecule has 4 aliphatic carbocycles. The molecule has 31 heavy (non-hydrogen) atoms. The van der Waals surface area contributed by atoms with E-state index in [1.807, 2.05) is 0 Å². The topological polar surface area (TPSA) is 54.5 Å². The standard InChI is InChI=1S/C26H41NO4/c1-24-6-5-18-17(4-3-16-13-21-22(31-21)15-25(16,18)2)19(24)14-20(23(24)28)27-9-7-26(8-10-27)29-11-12-30-26/h16-23,28H,3-15H2,1-2H3/t16?,17-,18-,19+,20?,21?,22?,23?,24+,25+/m1/s1. The van der Waals surface area contributed by atoms with Gasteiger partial charge in [0.15, 0.2) is 5.79 Å². The molecule has 7 rings (SSSR count). The van der Waals surface area contributed by atoms with Gasteiger partial charge in [-0.15, -0.1) is 0 Å². The molecule has 5 unspecified atom stereocenters. The summed E-state index contributed by atoms with van der Waals surface area (Å²) in [5, 5.41) is 11.7. The van der Waals surface area contributed by atoms with Gasteiger partial charge in [-0.3, -0.25) is 4.90 Å². The van der Waals surface area contributed by atoms with Gasteiger partial charge >= 0.3 is 0 Å². The van der Waals surface area contributed by atoms with Gasteiger partial charge in [0.05, 0.1) is 31.5 Å². The van der Waals surface area contributed by atoms with Crippen LogP contribution in [-0.2, 0) is 14.2 Å². The summed E-state index contributed by atoms with van der Waals surface area (Å²) in [7, 11) is 0. The zero-order chi connectivity index (χ0) is 21.0. The molecule has 5 nitrogen and oxygen atoms in total. The fraction of sp³-hybridized carbons (Fsp3) is 1.00. The highest BCUT2D eigenvalue weighted by atomic mass is 16.7. The minimum atomic E-state index is -0.321. The minimum absolute atomic E-state index is 0.0950. The lowest BCUT2D eigenvalue weighted by atomic mass is 9.45. The van der Waals surface area contributed by atoms with E-state index in [0.29, 0.717) is 29.6 Å². The first-order chi connectivity index (χ1) is 14.9. The number of rotatable bonds is 1. The van der Waals surface area contributed by atoms with Crippen LogP contribution in [0.5, 0.6) is 0 Å². The van der Waals surface area contributed by atoms with Crippen LogP contribution >= 0.6 is 0 Å². The molecule has 0 aromatic carbocycles. The molecule has 0 aromatic rings. The maximum absolute atomic E-state index is 11.7. The number of likely N-dealkylation sites (tertiary alicyclic amines) is 1. The maximum Gasteiger partial charge on any atom is 0.170 e. The second-order valence-electron chi connectivity index (χ2n) is 12.7. The number of ether oxygens (including phenoxy) is 3. The average molecular weight is 432 g/mol. The molecule has 0 aromatic heterocycles. The van der Waals surface area contributed by atoms with Crippen LogP contribution in [0.25, 0.3) is 0 Å². The Morgan fingerprint density at radius 3 is 2.39 bits per heavy atom. The van der Waals surface area contributed by atoms with Crippen molar-refractivity contribution >= 4 is 0 Å². The van der Waals surface area contributed by atoms with Gasteiger partial charge in [0.1, 0.15) is 0 Å². The molecule has 5 heteroatoms. The Labute approximate surface area is 187 Å². The van der Waals surface area contributed by atoms with E-state index in [9.17, 15) is 5.11 Å². The number of epoxide rings is 1. The van der Waals surface area contributed by atoms with Crippen molar-refractivity contribution < 1.29 is 19.3 Å². The molecule has 174 valence electrons. The molecule has 0 amide bonds. The van der Waals surface area contributed by atoms with Crippen LogP contribution in [0.3, 0.4) is 0 Å². The van der Waals surface area contributed by atoms with Crippen molar-refractivity contribution in [3.8, 4) is 0 Å². The van der Waals surface area contributed by atoms with E-state index in [1.165, 1.54) is 44.9 Å². The molecule has 7 fully saturated rings. The molecule has 0 bridgehead atoms. The van der Waals surface area contributed by atoms with Gasteiger partial charge in [0, 0.05) is 32.0 Å². The van der Waals surface area contributed by atoms with Crippen molar-refractivity contribution in [1.82, 2.24) is 4.90 Å². The minimum Gasteiger partial charge on any atom is -0.391 e. The molecule has 1 N–H and O–H groups in total. The fourth-order valence-corrected chi connectivity index (χ4v) is 9.84. The first-order valence-corrected chi connectivity index (χ1v) is 13.3. The van der Waals surface area contributed by atoms with Crippen molar-refractivity contribution in [1.29, 1.82) is 0 Å². The number of aliphatic hydroxyl groups excluding tert-OH is 1. The molecule has 10 atom stereocenters. The molecular formula is C26H41NO4. The summed E-state index contributed by atoms with van der Waals surface area (Å²) in [6, 6.07) is 0.320. The van der Waals surface area contributed by atoms with E-state index in [-0.39, 0.29) is 17.3 Å². The van der Waals surface area contributed by atoms with E-state index in [0.717, 1.165) is 56.9 Å². The monoisotopic (exact) mass is 431 g/mol.